The highest BCUT2D eigenvalue weighted by Gasteiger charge is 2.38. The summed E-state index contributed by atoms with van der Waals surface area (Å²) in [6, 6.07) is 16.7. The Morgan fingerprint density at radius 1 is 1.00 bits per heavy atom. The fraction of sp³-hybridized carbons (Fsp3) is 0.308. The quantitative estimate of drug-likeness (QED) is 0.249. The Balaban J connectivity index is 0.000000402. The van der Waals surface area contributed by atoms with Crippen molar-refractivity contribution in [3.05, 3.63) is 88.8 Å². The van der Waals surface area contributed by atoms with Gasteiger partial charge in [-0.3, -0.25) is 4.55 Å². The monoisotopic (exact) mass is 532 g/mol. The molecule has 0 amide bonds. The molecule has 0 saturated heterocycles. The van der Waals surface area contributed by atoms with E-state index in [1.54, 1.807) is 32.0 Å². The highest BCUT2D eigenvalue weighted by atomic mass is 32.2. The molecule has 37 heavy (non-hydrogen) atoms. The van der Waals surface area contributed by atoms with Crippen molar-refractivity contribution in [2.45, 2.75) is 24.7 Å². The first-order chi connectivity index (χ1) is 17.6. The molecule has 10 nitrogen and oxygen atoms in total. The lowest BCUT2D eigenvalue weighted by Gasteiger charge is -2.31. The third-order valence-electron chi connectivity index (χ3n) is 5.23. The zero-order valence-corrected chi connectivity index (χ0v) is 21.8. The van der Waals surface area contributed by atoms with Crippen molar-refractivity contribution in [1.29, 1.82) is 0 Å². The number of esters is 2. The Hall–Kier alpha value is -3.51. The second kappa shape index (κ2) is 14.3. The molecule has 2 aromatic carbocycles. The van der Waals surface area contributed by atoms with E-state index in [1.807, 2.05) is 30.3 Å². The van der Waals surface area contributed by atoms with Crippen LogP contribution in [-0.2, 0) is 33.9 Å². The first-order valence-electron chi connectivity index (χ1n) is 11.5. The van der Waals surface area contributed by atoms with Gasteiger partial charge in [0.1, 0.15) is 0 Å². The van der Waals surface area contributed by atoms with Crippen LogP contribution < -0.4 is 11.1 Å². The van der Waals surface area contributed by atoms with E-state index in [1.165, 1.54) is 19.2 Å². The number of allylic oxidation sites excluding steroid dienone is 1. The molecule has 0 aromatic heterocycles. The number of carbonyl (C=O) groups is 2. The second-order valence-electron chi connectivity index (χ2n) is 7.74. The van der Waals surface area contributed by atoms with Gasteiger partial charge in [0.25, 0.3) is 10.1 Å². The maximum atomic E-state index is 12.7. The van der Waals surface area contributed by atoms with Crippen molar-refractivity contribution in [3.8, 4) is 0 Å². The van der Waals surface area contributed by atoms with Crippen LogP contribution in [0.5, 0.6) is 0 Å². The van der Waals surface area contributed by atoms with Gasteiger partial charge in [0.2, 0.25) is 0 Å². The van der Waals surface area contributed by atoms with E-state index in [4.69, 9.17) is 24.5 Å². The van der Waals surface area contributed by atoms with E-state index < -0.39 is 28.0 Å². The number of ether oxygens (including phenoxy) is 3. The molecule has 3 rings (SSSR count). The lowest BCUT2D eigenvalue weighted by Crippen LogP contribution is -2.34. The summed E-state index contributed by atoms with van der Waals surface area (Å²) in [7, 11) is -2.69. The summed E-state index contributed by atoms with van der Waals surface area (Å²) in [5, 5.41) is 3.12. The molecule has 11 heteroatoms. The fourth-order valence-electron chi connectivity index (χ4n) is 3.67. The SMILES string of the molecule is CCOC(=O)C1=C(C)NC(COCCN)=C(C(=O)OC)C1c1ccccc1.O=S(=O)(O)c1ccccc1. The predicted molar refractivity (Wildman–Crippen MR) is 137 cm³/mol. The highest BCUT2D eigenvalue weighted by molar-refractivity contribution is 7.85. The van der Waals surface area contributed by atoms with Crippen molar-refractivity contribution in [1.82, 2.24) is 5.32 Å². The summed E-state index contributed by atoms with van der Waals surface area (Å²) in [6.45, 7) is 4.62. The molecule has 0 spiro atoms. The zero-order valence-electron chi connectivity index (χ0n) is 21.0. The third kappa shape index (κ3) is 8.25. The molecule has 1 atom stereocenters. The zero-order chi connectivity index (χ0) is 27.4. The molecule has 1 aliphatic rings. The van der Waals surface area contributed by atoms with Gasteiger partial charge in [-0.25, -0.2) is 9.59 Å². The molecular formula is C26H32N2O8S. The number of methoxy groups -OCH3 is 1. The van der Waals surface area contributed by atoms with Gasteiger partial charge in [-0.05, 0) is 31.5 Å². The maximum Gasteiger partial charge on any atom is 0.336 e. The van der Waals surface area contributed by atoms with Crippen molar-refractivity contribution >= 4 is 22.1 Å². The fourth-order valence-corrected chi connectivity index (χ4v) is 4.17. The van der Waals surface area contributed by atoms with E-state index >= 15 is 0 Å². The third-order valence-corrected chi connectivity index (χ3v) is 6.10. The van der Waals surface area contributed by atoms with Gasteiger partial charge in [0.05, 0.1) is 54.6 Å². The van der Waals surface area contributed by atoms with Gasteiger partial charge in [-0.2, -0.15) is 8.42 Å². The largest absolute Gasteiger partial charge is 0.466 e. The van der Waals surface area contributed by atoms with Crippen LogP contribution in [0.4, 0.5) is 0 Å². The highest BCUT2D eigenvalue weighted by Crippen LogP contribution is 2.39. The summed E-state index contributed by atoms with van der Waals surface area (Å²) < 4.78 is 45.0. The van der Waals surface area contributed by atoms with Crippen LogP contribution in [0.15, 0.2) is 88.1 Å². The Labute approximate surface area is 216 Å². The average molecular weight is 533 g/mol. The van der Waals surface area contributed by atoms with Gasteiger partial charge in [-0.15, -0.1) is 0 Å². The number of benzene rings is 2. The molecule has 0 bridgehead atoms. The van der Waals surface area contributed by atoms with Crippen molar-refractivity contribution in [3.63, 3.8) is 0 Å². The topological polar surface area (TPSA) is 154 Å². The number of carbonyl (C=O) groups excluding carboxylic acids is 2. The number of nitrogens with two attached hydrogens (primary N) is 1. The predicted octanol–water partition coefficient (Wildman–Crippen LogP) is 2.55. The minimum absolute atomic E-state index is 0.0741. The van der Waals surface area contributed by atoms with Crippen molar-refractivity contribution in [2.75, 3.05) is 33.5 Å². The molecule has 1 aliphatic heterocycles. The normalized spacial score (nSPS) is 15.3. The molecule has 1 heterocycles. The van der Waals surface area contributed by atoms with Crippen LogP contribution >= 0.6 is 0 Å². The summed E-state index contributed by atoms with van der Waals surface area (Å²) in [5.74, 6) is -1.62. The minimum Gasteiger partial charge on any atom is -0.466 e. The van der Waals surface area contributed by atoms with E-state index in [2.05, 4.69) is 5.32 Å². The first-order valence-corrected chi connectivity index (χ1v) is 12.9. The van der Waals surface area contributed by atoms with Crippen LogP contribution in [0.3, 0.4) is 0 Å². The van der Waals surface area contributed by atoms with E-state index in [-0.39, 0.29) is 18.1 Å². The van der Waals surface area contributed by atoms with Crippen LogP contribution in [0, 0.1) is 0 Å². The van der Waals surface area contributed by atoms with Gasteiger partial charge < -0.3 is 25.3 Å². The molecule has 0 aliphatic carbocycles. The van der Waals surface area contributed by atoms with Gasteiger partial charge >= 0.3 is 11.9 Å². The first kappa shape index (κ1) is 29.7. The molecule has 200 valence electrons. The van der Waals surface area contributed by atoms with Crippen molar-refractivity contribution < 1.29 is 36.8 Å². The molecule has 0 fully saturated rings. The second-order valence-corrected chi connectivity index (χ2v) is 9.16. The Morgan fingerprint density at radius 2 is 1.59 bits per heavy atom. The van der Waals surface area contributed by atoms with Gasteiger partial charge in [0, 0.05) is 12.2 Å². The number of rotatable bonds is 9. The van der Waals surface area contributed by atoms with Crippen LogP contribution in [-0.4, -0.2) is 58.4 Å². The van der Waals surface area contributed by atoms with Crippen LogP contribution in [0.2, 0.25) is 0 Å². The molecule has 1 unspecified atom stereocenters. The Kier molecular flexibility index (Phi) is 11.5. The standard InChI is InChI=1S/C20H26N2O5.C6H6O3S/c1-4-27-20(24)16-13(2)22-15(12-26-11-10-21)18(19(23)25-3)17(16)14-8-6-5-7-9-14;7-10(8,9)6-4-2-1-3-5-6/h5-9,17,22H,4,10-12,21H2,1-3H3;1-5H,(H,7,8,9). The van der Waals surface area contributed by atoms with E-state index in [0.29, 0.717) is 35.7 Å². The van der Waals surface area contributed by atoms with E-state index in [0.717, 1.165) is 5.56 Å². The lowest BCUT2D eigenvalue weighted by atomic mass is 9.80. The maximum absolute atomic E-state index is 12.7. The molecule has 2 aromatic rings. The van der Waals surface area contributed by atoms with E-state index in [9.17, 15) is 18.0 Å². The number of dihydropyridines is 1. The smallest absolute Gasteiger partial charge is 0.336 e. The molecule has 4 N–H and O–H groups in total. The lowest BCUT2D eigenvalue weighted by molar-refractivity contribution is -0.139. The minimum atomic E-state index is -4.00. The van der Waals surface area contributed by atoms with Crippen molar-refractivity contribution in [2.24, 2.45) is 5.73 Å². The molecule has 0 saturated carbocycles. The van der Waals surface area contributed by atoms with Crippen LogP contribution in [0.25, 0.3) is 0 Å². The molecule has 0 radical (unpaired) electrons. The Bertz CT molecular complexity index is 1230. The molecular weight excluding hydrogens is 500 g/mol. The summed E-state index contributed by atoms with van der Waals surface area (Å²) >= 11 is 0. The summed E-state index contributed by atoms with van der Waals surface area (Å²) in [4.78, 5) is 25.3. The average Bonchev–Trinajstić information content (AvgIpc) is 2.89. The Morgan fingerprint density at radius 3 is 2.08 bits per heavy atom. The van der Waals surface area contributed by atoms with Crippen LogP contribution in [0.1, 0.15) is 25.3 Å². The van der Waals surface area contributed by atoms with Gasteiger partial charge in [0.15, 0.2) is 0 Å². The number of nitrogens with one attached hydrogen (secondary N) is 1. The van der Waals surface area contributed by atoms with Gasteiger partial charge in [-0.1, -0.05) is 48.5 Å². The summed E-state index contributed by atoms with van der Waals surface area (Å²) in [6.07, 6.45) is 0. The number of hydrogen-bond donors (Lipinski definition) is 3. The summed E-state index contributed by atoms with van der Waals surface area (Å²) in [5.41, 5.74) is 8.14. The number of hydrogen-bond acceptors (Lipinski definition) is 9.